The molecule has 180 valence electrons. The maximum absolute atomic E-state index is 12.5. The third-order valence-corrected chi connectivity index (χ3v) is 6.44. The molecule has 0 radical (unpaired) electrons. The Balaban J connectivity index is 1.27. The lowest BCUT2D eigenvalue weighted by Gasteiger charge is -2.22. The number of hydrogen-bond acceptors (Lipinski definition) is 6. The summed E-state index contributed by atoms with van der Waals surface area (Å²) >= 11 is 0. The molecule has 1 heterocycles. The number of ether oxygens (including phenoxy) is 2. The van der Waals surface area contributed by atoms with Gasteiger partial charge in [0.05, 0.1) is 18.6 Å². The third-order valence-electron chi connectivity index (χ3n) is 6.44. The van der Waals surface area contributed by atoms with Gasteiger partial charge in [-0.1, -0.05) is 48.5 Å². The van der Waals surface area contributed by atoms with Gasteiger partial charge in [0.1, 0.15) is 12.6 Å². The first-order valence-corrected chi connectivity index (χ1v) is 11.2. The van der Waals surface area contributed by atoms with E-state index in [0.717, 1.165) is 22.3 Å². The van der Waals surface area contributed by atoms with Crippen LogP contribution in [0, 0.1) is 0 Å². The molecule has 0 saturated carbocycles. The van der Waals surface area contributed by atoms with Crippen molar-refractivity contribution in [1.82, 2.24) is 10.2 Å². The summed E-state index contributed by atoms with van der Waals surface area (Å²) < 4.78 is 10.6. The fourth-order valence-electron chi connectivity index (χ4n) is 4.72. The van der Waals surface area contributed by atoms with Gasteiger partial charge in [0.2, 0.25) is 5.91 Å². The predicted octanol–water partition coefficient (Wildman–Crippen LogP) is 1.98. The number of aliphatic hydroxyl groups excluding tert-OH is 1. The van der Waals surface area contributed by atoms with E-state index in [4.69, 9.17) is 9.47 Å². The number of benzene rings is 2. The highest BCUT2D eigenvalue weighted by Gasteiger charge is 2.40. The van der Waals surface area contributed by atoms with Gasteiger partial charge in [-0.3, -0.25) is 4.79 Å². The van der Waals surface area contributed by atoms with Crippen molar-refractivity contribution in [3.63, 3.8) is 0 Å². The molecule has 9 heteroatoms. The number of fused-ring (bicyclic) bond motifs is 3. The number of rotatable bonds is 8. The van der Waals surface area contributed by atoms with Crippen molar-refractivity contribution in [3.05, 3.63) is 59.7 Å². The number of nitrogens with zero attached hydrogens (tertiary/aromatic N) is 1. The molecule has 1 saturated heterocycles. The van der Waals surface area contributed by atoms with E-state index < -0.39 is 30.1 Å². The molecule has 2 aromatic carbocycles. The fourth-order valence-corrected chi connectivity index (χ4v) is 4.72. The molecule has 3 atom stereocenters. The average Bonchev–Trinajstić information content (AvgIpc) is 3.41. The number of carbonyl (C=O) groups is 3. The molecular weight excluding hydrogens is 440 g/mol. The molecule has 0 spiro atoms. The van der Waals surface area contributed by atoms with Crippen LogP contribution in [0.5, 0.6) is 0 Å². The van der Waals surface area contributed by atoms with Crippen LogP contribution in [0.4, 0.5) is 4.79 Å². The molecule has 1 aliphatic carbocycles. The Morgan fingerprint density at radius 2 is 1.71 bits per heavy atom. The summed E-state index contributed by atoms with van der Waals surface area (Å²) in [4.78, 5) is 37.4. The minimum absolute atomic E-state index is 0.0819. The first kappa shape index (κ1) is 23.7. The molecular formula is C25H28N2O7. The van der Waals surface area contributed by atoms with Gasteiger partial charge in [-0.2, -0.15) is 0 Å². The van der Waals surface area contributed by atoms with Crippen LogP contribution >= 0.6 is 0 Å². The van der Waals surface area contributed by atoms with Gasteiger partial charge >= 0.3 is 12.1 Å². The van der Waals surface area contributed by atoms with E-state index in [2.05, 4.69) is 5.32 Å². The van der Waals surface area contributed by atoms with Crippen LogP contribution in [0.3, 0.4) is 0 Å². The second-order valence-electron chi connectivity index (χ2n) is 8.56. The van der Waals surface area contributed by atoms with Crippen LogP contribution < -0.4 is 5.32 Å². The molecule has 34 heavy (non-hydrogen) atoms. The molecule has 3 unspecified atom stereocenters. The number of alkyl carbamates (subject to hydrolysis) is 1. The summed E-state index contributed by atoms with van der Waals surface area (Å²) in [6.07, 6.45) is -2.35. The Morgan fingerprint density at radius 3 is 2.29 bits per heavy atom. The maximum Gasteiger partial charge on any atom is 0.407 e. The van der Waals surface area contributed by atoms with Crippen molar-refractivity contribution in [2.75, 3.05) is 26.8 Å². The molecule has 2 aliphatic rings. The van der Waals surface area contributed by atoms with Crippen LogP contribution in [0.15, 0.2) is 48.5 Å². The molecule has 0 bridgehead atoms. The van der Waals surface area contributed by atoms with Gasteiger partial charge in [0, 0.05) is 32.5 Å². The third kappa shape index (κ3) is 4.90. The SMILES string of the molecule is COC1CC(C(=O)O)N(C(=O)CC(O)CNC(=O)OCC2c3ccccc3-c3ccccc32)C1. The maximum atomic E-state index is 12.5. The molecule has 2 aromatic rings. The summed E-state index contributed by atoms with van der Waals surface area (Å²) in [6.45, 7) is 0.0991. The van der Waals surface area contributed by atoms with Gasteiger partial charge in [-0.25, -0.2) is 9.59 Å². The van der Waals surface area contributed by atoms with Gasteiger partial charge in [-0.05, 0) is 22.3 Å². The second kappa shape index (κ2) is 10.2. The fraction of sp³-hybridized carbons (Fsp3) is 0.400. The predicted molar refractivity (Wildman–Crippen MR) is 122 cm³/mol. The molecule has 1 fully saturated rings. The normalized spacial score (nSPS) is 19.9. The smallest absolute Gasteiger partial charge is 0.407 e. The summed E-state index contributed by atoms with van der Waals surface area (Å²) in [5.41, 5.74) is 4.43. The lowest BCUT2D eigenvalue weighted by Crippen LogP contribution is -2.43. The van der Waals surface area contributed by atoms with E-state index in [1.54, 1.807) is 0 Å². The van der Waals surface area contributed by atoms with E-state index in [-0.39, 0.29) is 44.6 Å². The number of carboxylic acids is 1. The zero-order chi connectivity index (χ0) is 24.2. The number of nitrogens with one attached hydrogen (secondary N) is 1. The summed E-state index contributed by atoms with van der Waals surface area (Å²) in [7, 11) is 1.46. The molecule has 1 aliphatic heterocycles. The van der Waals surface area contributed by atoms with Crippen LogP contribution in [0.2, 0.25) is 0 Å². The topological polar surface area (TPSA) is 125 Å². The zero-order valence-corrected chi connectivity index (χ0v) is 18.8. The standard InChI is InChI=1S/C25H28N2O7/c1-33-16-11-22(24(30)31)27(13-16)23(29)10-15(28)12-26-25(32)34-14-21-19-8-4-2-6-17(19)18-7-3-5-9-20(18)21/h2-9,15-16,21-22,28H,10-14H2,1H3,(H,26,32)(H,30,31). The minimum Gasteiger partial charge on any atom is -0.480 e. The Kier molecular flexibility index (Phi) is 7.14. The van der Waals surface area contributed by atoms with E-state index in [1.165, 1.54) is 12.0 Å². The lowest BCUT2D eigenvalue weighted by molar-refractivity contribution is -0.149. The first-order chi connectivity index (χ1) is 16.4. The lowest BCUT2D eigenvalue weighted by atomic mass is 9.98. The number of amides is 2. The number of aliphatic carboxylic acids is 1. The van der Waals surface area contributed by atoms with Crippen LogP contribution in [0.1, 0.15) is 29.9 Å². The second-order valence-corrected chi connectivity index (χ2v) is 8.56. The summed E-state index contributed by atoms with van der Waals surface area (Å²) in [5, 5.41) is 22.0. The van der Waals surface area contributed by atoms with E-state index >= 15 is 0 Å². The highest BCUT2D eigenvalue weighted by Crippen LogP contribution is 2.44. The van der Waals surface area contributed by atoms with Gasteiger partial charge in [-0.15, -0.1) is 0 Å². The average molecular weight is 469 g/mol. The van der Waals surface area contributed by atoms with E-state index in [1.807, 2.05) is 48.5 Å². The van der Waals surface area contributed by atoms with Crippen LogP contribution in [0.25, 0.3) is 11.1 Å². The first-order valence-electron chi connectivity index (χ1n) is 11.2. The monoisotopic (exact) mass is 468 g/mol. The number of hydrogen-bond donors (Lipinski definition) is 3. The molecule has 3 N–H and O–H groups in total. The van der Waals surface area contributed by atoms with Crippen molar-refractivity contribution in [3.8, 4) is 11.1 Å². The summed E-state index contributed by atoms with van der Waals surface area (Å²) in [6, 6.07) is 15.0. The summed E-state index contributed by atoms with van der Waals surface area (Å²) in [5.74, 6) is -1.70. The number of carbonyl (C=O) groups excluding carboxylic acids is 2. The van der Waals surface area contributed by atoms with Crippen molar-refractivity contribution >= 4 is 18.0 Å². The van der Waals surface area contributed by atoms with Crippen molar-refractivity contribution in [2.45, 2.75) is 37.0 Å². The number of aliphatic hydroxyl groups is 1. The Labute approximate surface area is 197 Å². The van der Waals surface area contributed by atoms with Crippen molar-refractivity contribution in [2.24, 2.45) is 0 Å². The molecule has 9 nitrogen and oxygen atoms in total. The quantitative estimate of drug-likeness (QED) is 0.541. The highest BCUT2D eigenvalue weighted by molar-refractivity contribution is 5.85. The zero-order valence-electron chi connectivity index (χ0n) is 18.8. The number of likely N-dealkylation sites (tertiary alicyclic amines) is 1. The van der Waals surface area contributed by atoms with Crippen LogP contribution in [-0.2, 0) is 19.1 Å². The van der Waals surface area contributed by atoms with E-state index in [0.29, 0.717) is 0 Å². The molecule has 4 rings (SSSR count). The van der Waals surface area contributed by atoms with Gasteiger partial charge < -0.3 is 29.9 Å². The van der Waals surface area contributed by atoms with Gasteiger partial charge in [0.15, 0.2) is 0 Å². The Bertz CT molecular complexity index is 1030. The van der Waals surface area contributed by atoms with E-state index in [9.17, 15) is 24.6 Å². The van der Waals surface area contributed by atoms with Crippen molar-refractivity contribution < 1.29 is 34.1 Å². The molecule has 0 aromatic heterocycles. The Hall–Kier alpha value is -3.43. The highest BCUT2D eigenvalue weighted by atomic mass is 16.5. The van der Waals surface area contributed by atoms with Crippen molar-refractivity contribution in [1.29, 1.82) is 0 Å². The number of carboxylic acid groups (broad SMARTS) is 1. The van der Waals surface area contributed by atoms with Crippen LogP contribution in [-0.4, -0.2) is 78.1 Å². The minimum atomic E-state index is -1.18. The molecule has 2 amide bonds. The Morgan fingerprint density at radius 1 is 1.09 bits per heavy atom. The van der Waals surface area contributed by atoms with Gasteiger partial charge in [0.25, 0.3) is 0 Å². The largest absolute Gasteiger partial charge is 0.480 e. The number of methoxy groups -OCH3 is 1.